The van der Waals surface area contributed by atoms with E-state index in [0.29, 0.717) is 10.2 Å². The number of halogens is 1. The summed E-state index contributed by atoms with van der Waals surface area (Å²) in [7, 11) is -3.40. The molecule has 0 aliphatic carbocycles. The van der Waals surface area contributed by atoms with Gasteiger partial charge in [0, 0.05) is 11.4 Å². The fraction of sp³-hybridized carbons (Fsp3) is 0.538. The van der Waals surface area contributed by atoms with E-state index in [2.05, 4.69) is 27.6 Å². The fourth-order valence-corrected chi connectivity index (χ4v) is 3.59. The van der Waals surface area contributed by atoms with Crippen LogP contribution in [0.2, 0.25) is 0 Å². The summed E-state index contributed by atoms with van der Waals surface area (Å²) in [5.74, 6) is 0. The summed E-state index contributed by atoms with van der Waals surface area (Å²) in [6.45, 7) is 4.03. The summed E-state index contributed by atoms with van der Waals surface area (Å²) < 4.78 is 27.0. The molecule has 102 valence electrons. The third-order valence-electron chi connectivity index (χ3n) is 2.75. The zero-order chi connectivity index (χ0) is 13.6. The molecule has 0 aliphatic rings. The van der Waals surface area contributed by atoms with Crippen LogP contribution in [0.3, 0.4) is 0 Å². The Bertz CT molecular complexity index is 456. The van der Waals surface area contributed by atoms with Crippen molar-refractivity contribution in [3.05, 3.63) is 29.8 Å². The lowest BCUT2D eigenvalue weighted by Gasteiger charge is -2.16. The van der Waals surface area contributed by atoms with Gasteiger partial charge in [-0.05, 0) is 25.5 Å². The van der Waals surface area contributed by atoms with Gasteiger partial charge in [-0.3, -0.25) is 0 Å². The molecule has 0 saturated heterocycles. The van der Waals surface area contributed by atoms with Crippen molar-refractivity contribution in [2.45, 2.75) is 44.0 Å². The Kier molecular flexibility index (Phi) is 6.32. The van der Waals surface area contributed by atoms with Gasteiger partial charge in [-0.2, -0.15) is 0 Å². The molecule has 1 rings (SSSR count). The van der Waals surface area contributed by atoms with Crippen LogP contribution >= 0.6 is 15.9 Å². The van der Waals surface area contributed by atoms with E-state index >= 15 is 0 Å². The Morgan fingerprint density at radius 1 is 1.28 bits per heavy atom. The smallest absolute Gasteiger partial charge is 0.207 e. The molecule has 0 amide bonds. The zero-order valence-electron chi connectivity index (χ0n) is 10.8. The number of nitrogens with one attached hydrogen (secondary N) is 1. The second-order valence-electron chi connectivity index (χ2n) is 4.43. The number of alkyl halides is 1. The summed E-state index contributed by atoms with van der Waals surface area (Å²) in [5.41, 5.74) is 1.05. The van der Waals surface area contributed by atoms with Gasteiger partial charge in [-0.25, -0.2) is 13.1 Å². The van der Waals surface area contributed by atoms with E-state index in [9.17, 15) is 8.42 Å². The summed E-state index contributed by atoms with van der Waals surface area (Å²) >= 11 is 3.36. The van der Waals surface area contributed by atoms with E-state index in [1.807, 2.05) is 19.1 Å². The summed E-state index contributed by atoms with van der Waals surface area (Å²) in [4.78, 5) is 0.329. The third-order valence-corrected chi connectivity index (χ3v) is 5.06. The van der Waals surface area contributed by atoms with Crippen LogP contribution < -0.4 is 4.72 Å². The predicted octanol–water partition coefficient (Wildman–Crippen LogP) is 3.23. The number of hydrogen-bond acceptors (Lipinski definition) is 2. The van der Waals surface area contributed by atoms with Crippen molar-refractivity contribution in [3.8, 4) is 0 Å². The van der Waals surface area contributed by atoms with Crippen LogP contribution in [0.25, 0.3) is 0 Å². The molecule has 1 aromatic carbocycles. The van der Waals surface area contributed by atoms with Crippen molar-refractivity contribution in [1.82, 2.24) is 4.72 Å². The van der Waals surface area contributed by atoms with Crippen LogP contribution in [0.1, 0.15) is 31.7 Å². The average molecular weight is 334 g/mol. The van der Waals surface area contributed by atoms with Crippen LogP contribution in [0.15, 0.2) is 29.2 Å². The first-order valence-electron chi connectivity index (χ1n) is 6.14. The Morgan fingerprint density at radius 3 is 2.39 bits per heavy atom. The molecule has 0 radical (unpaired) electrons. The SMILES string of the molecule is CCCC[C@@H](CBr)NS(=O)(=O)c1ccc(C)cc1. The summed E-state index contributed by atoms with van der Waals surface area (Å²) in [6, 6.07) is 6.86. The lowest BCUT2D eigenvalue weighted by Crippen LogP contribution is -2.36. The van der Waals surface area contributed by atoms with Gasteiger partial charge in [0.25, 0.3) is 0 Å². The topological polar surface area (TPSA) is 46.2 Å². The highest BCUT2D eigenvalue weighted by Gasteiger charge is 2.18. The Hall–Kier alpha value is -0.390. The van der Waals surface area contributed by atoms with Gasteiger partial charge in [0.15, 0.2) is 0 Å². The highest BCUT2D eigenvalue weighted by atomic mass is 79.9. The largest absolute Gasteiger partial charge is 0.240 e. The van der Waals surface area contributed by atoms with Crippen LogP contribution in [0.4, 0.5) is 0 Å². The molecule has 0 spiro atoms. The second kappa shape index (κ2) is 7.26. The summed E-state index contributed by atoms with van der Waals surface area (Å²) in [6.07, 6.45) is 2.94. The third kappa shape index (κ3) is 4.71. The van der Waals surface area contributed by atoms with E-state index in [0.717, 1.165) is 24.8 Å². The molecule has 0 aromatic heterocycles. The number of rotatable bonds is 7. The summed E-state index contributed by atoms with van der Waals surface area (Å²) in [5, 5.41) is 0.637. The first-order valence-corrected chi connectivity index (χ1v) is 8.75. The standard InChI is InChI=1S/C13H20BrNO2S/c1-3-4-5-12(10-14)15-18(16,17)13-8-6-11(2)7-9-13/h6-9,12,15H,3-5,10H2,1-2H3/t12-/m0/s1. The van der Waals surface area contributed by atoms with Crippen molar-refractivity contribution >= 4 is 26.0 Å². The van der Waals surface area contributed by atoms with Gasteiger partial charge in [-0.1, -0.05) is 53.4 Å². The van der Waals surface area contributed by atoms with Crippen molar-refractivity contribution < 1.29 is 8.42 Å². The minimum Gasteiger partial charge on any atom is -0.207 e. The van der Waals surface area contributed by atoms with Crippen molar-refractivity contribution in [2.24, 2.45) is 0 Å². The highest BCUT2D eigenvalue weighted by molar-refractivity contribution is 9.09. The molecular weight excluding hydrogens is 314 g/mol. The lowest BCUT2D eigenvalue weighted by molar-refractivity contribution is 0.539. The maximum absolute atomic E-state index is 12.1. The monoisotopic (exact) mass is 333 g/mol. The maximum Gasteiger partial charge on any atom is 0.240 e. The first-order chi connectivity index (χ1) is 8.49. The number of benzene rings is 1. The molecule has 0 fully saturated rings. The number of unbranched alkanes of at least 4 members (excludes halogenated alkanes) is 1. The molecule has 0 bridgehead atoms. The number of sulfonamides is 1. The molecule has 1 N–H and O–H groups in total. The molecule has 18 heavy (non-hydrogen) atoms. The van der Waals surface area contributed by atoms with E-state index in [1.165, 1.54) is 0 Å². The zero-order valence-corrected chi connectivity index (χ0v) is 13.2. The van der Waals surface area contributed by atoms with Gasteiger partial charge < -0.3 is 0 Å². The number of aryl methyl sites for hydroxylation is 1. The van der Waals surface area contributed by atoms with Crippen LogP contribution in [-0.4, -0.2) is 19.8 Å². The van der Waals surface area contributed by atoms with E-state index in [4.69, 9.17) is 0 Å². The maximum atomic E-state index is 12.1. The average Bonchev–Trinajstić information content (AvgIpc) is 2.35. The molecule has 0 unspecified atom stereocenters. The van der Waals surface area contributed by atoms with Gasteiger partial charge in [0.05, 0.1) is 4.90 Å². The molecule has 0 heterocycles. The quantitative estimate of drug-likeness (QED) is 0.778. The van der Waals surface area contributed by atoms with Crippen molar-refractivity contribution in [2.75, 3.05) is 5.33 Å². The van der Waals surface area contributed by atoms with Gasteiger partial charge in [0.2, 0.25) is 10.0 Å². The van der Waals surface area contributed by atoms with Crippen LogP contribution in [0.5, 0.6) is 0 Å². The molecule has 1 atom stereocenters. The number of hydrogen-bond donors (Lipinski definition) is 1. The minimum atomic E-state index is -3.40. The van der Waals surface area contributed by atoms with Crippen molar-refractivity contribution in [3.63, 3.8) is 0 Å². The van der Waals surface area contributed by atoms with Gasteiger partial charge >= 0.3 is 0 Å². The fourth-order valence-electron chi connectivity index (χ4n) is 1.62. The van der Waals surface area contributed by atoms with E-state index in [-0.39, 0.29) is 6.04 Å². The van der Waals surface area contributed by atoms with Crippen LogP contribution in [0, 0.1) is 6.92 Å². The molecule has 0 saturated carbocycles. The van der Waals surface area contributed by atoms with Gasteiger partial charge in [-0.15, -0.1) is 0 Å². The first kappa shape index (κ1) is 15.7. The van der Waals surface area contributed by atoms with Crippen molar-refractivity contribution in [1.29, 1.82) is 0 Å². The highest BCUT2D eigenvalue weighted by Crippen LogP contribution is 2.13. The van der Waals surface area contributed by atoms with Gasteiger partial charge in [0.1, 0.15) is 0 Å². The molecule has 5 heteroatoms. The normalized spacial score (nSPS) is 13.5. The van der Waals surface area contributed by atoms with Crippen LogP contribution in [-0.2, 0) is 10.0 Å². The molecule has 3 nitrogen and oxygen atoms in total. The minimum absolute atomic E-state index is 0.0451. The Morgan fingerprint density at radius 2 is 1.89 bits per heavy atom. The Balaban J connectivity index is 2.77. The predicted molar refractivity (Wildman–Crippen MR) is 78.6 cm³/mol. The molecule has 0 aliphatic heterocycles. The molecular formula is C13H20BrNO2S. The lowest BCUT2D eigenvalue weighted by atomic mass is 10.2. The second-order valence-corrected chi connectivity index (χ2v) is 6.79. The van der Waals surface area contributed by atoms with E-state index in [1.54, 1.807) is 12.1 Å². The van der Waals surface area contributed by atoms with E-state index < -0.39 is 10.0 Å². The molecule has 1 aromatic rings. The Labute approximate surface area is 118 Å².